The molecule has 3 nitrogen and oxygen atoms in total. The van der Waals surface area contributed by atoms with E-state index in [9.17, 15) is 13.6 Å². The van der Waals surface area contributed by atoms with Gasteiger partial charge in [0, 0.05) is 6.04 Å². The molecule has 1 saturated carbocycles. The molecule has 5 heteroatoms. The molecule has 0 saturated heterocycles. The first kappa shape index (κ1) is 12.8. The number of aromatic carboxylic acids is 1. The first-order valence-electron chi connectivity index (χ1n) is 6.07. The van der Waals surface area contributed by atoms with Crippen molar-refractivity contribution in [1.82, 2.24) is 0 Å². The van der Waals surface area contributed by atoms with Crippen molar-refractivity contribution in [3.05, 3.63) is 29.3 Å². The van der Waals surface area contributed by atoms with Gasteiger partial charge in [-0.15, -0.1) is 0 Å². The lowest BCUT2D eigenvalue weighted by molar-refractivity contribution is 0.0696. The van der Waals surface area contributed by atoms with Crippen molar-refractivity contribution in [2.45, 2.75) is 38.1 Å². The van der Waals surface area contributed by atoms with Crippen molar-refractivity contribution < 1.29 is 18.7 Å². The molecule has 0 unspecified atom stereocenters. The van der Waals surface area contributed by atoms with E-state index in [1.54, 1.807) is 0 Å². The molecule has 1 fully saturated rings. The Morgan fingerprint density at radius 3 is 2.22 bits per heavy atom. The first-order chi connectivity index (χ1) is 8.58. The van der Waals surface area contributed by atoms with Crippen LogP contribution in [-0.2, 0) is 0 Å². The summed E-state index contributed by atoms with van der Waals surface area (Å²) in [5.74, 6) is -3.03. The maximum atomic E-state index is 13.7. The Morgan fingerprint density at radius 1 is 1.17 bits per heavy atom. The van der Waals surface area contributed by atoms with Crippen molar-refractivity contribution >= 4 is 11.7 Å². The van der Waals surface area contributed by atoms with Crippen molar-refractivity contribution in [3.63, 3.8) is 0 Å². The molecular weight excluding hydrogens is 240 g/mol. The molecule has 1 aliphatic rings. The van der Waals surface area contributed by atoms with E-state index >= 15 is 0 Å². The normalized spacial score (nSPS) is 16.6. The van der Waals surface area contributed by atoms with Crippen LogP contribution in [0.25, 0.3) is 0 Å². The van der Waals surface area contributed by atoms with Gasteiger partial charge in [-0.1, -0.05) is 19.3 Å². The molecule has 1 aliphatic carbocycles. The average molecular weight is 255 g/mol. The second-order valence-electron chi connectivity index (χ2n) is 4.60. The van der Waals surface area contributed by atoms with Gasteiger partial charge < -0.3 is 10.4 Å². The summed E-state index contributed by atoms with van der Waals surface area (Å²) in [4.78, 5) is 10.7. The maximum absolute atomic E-state index is 13.7. The molecule has 0 aromatic heterocycles. The first-order valence-corrected chi connectivity index (χ1v) is 6.07. The lowest BCUT2D eigenvalue weighted by atomic mass is 9.95. The number of hydrogen-bond donors (Lipinski definition) is 2. The zero-order valence-electron chi connectivity index (χ0n) is 9.88. The lowest BCUT2D eigenvalue weighted by Crippen LogP contribution is -2.23. The molecule has 98 valence electrons. The average Bonchev–Trinajstić information content (AvgIpc) is 2.34. The van der Waals surface area contributed by atoms with Gasteiger partial charge in [-0.05, 0) is 25.0 Å². The molecule has 18 heavy (non-hydrogen) atoms. The van der Waals surface area contributed by atoms with Crippen LogP contribution in [0.4, 0.5) is 14.5 Å². The van der Waals surface area contributed by atoms with Gasteiger partial charge in [-0.25, -0.2) is 13.6 Å². The minimum absolute atomic E-state index is 0.0680. The van der Waals surface area contributed by atoms with Gasteiger partial charge in [0.2, 0.25) is 0 Å². The number of benzene rings is 1. The summed E-state index contributed by atoms with van der Waals surface area (Å²) in [6, 6.07) is 1.76. The Labute approximate surface area is 104 Å². The highest BCUT2D eigenvalue weighted by Crippen LogP contribution is 2.26. The second kappa shape index (κ2) is 5.33. The fourth-order valence-electron chi connectivity index (χ4n) is 2.29. The van der Waals surface area contributed by atoms with Crippen LogP contribution in [0.5, 0.6) is 0 Å². The number of nitrogens with one attached hydrogen (secondary N) is 1. The van der Waals surface area contributed by atoms with Crippen LogP contribution in [0.3, 0.4) is 0 Å². The minimum atomic E-state index is -1.34. The van der Waals surface area contributed by atoms with Gasteiger partial charge in [0.25, 0.3) is 0 Å². The summed E-state index contributed by atoms with van der Waals surface area (Å²) < 4.78 is 27.3. The number of carboxylic acids is 1. The van der Waals surface area contributed by atoms with E-state index in [0.29, 0.717) is 0 Å². The van der Waals surface area contributed by atoms with Crippen molar-refractivity contribution in [1.29, 1.82) is 0 Å². The van der Waals surface area contributed by atoms with Crippen molar-refractivity contribution in [2.75, 3.05) is 5.32 Å². The summed E-state index contributed by atoms with van der Waals surface area (Å²) in [5, 5.41) is 11.5. The van der Waals surface area contributed by atoms with Crippen LogP contribution in [0.15, 0.2) is 12.1 Å². The van der Waals surface area contributed by atoms with Crippen LogP contribution in [-0.4, -0.2) is 17.1 Å². The fourth-order valence-corrected chi connectivity index (χ4v) is 2.29. The Kier molecular flexibility index (Phi) is 3.79. The lowest BCUT2D eigenvalue weighted by Gasteiger charge is -2.24. The predicted octanol–water partition coefficient (Wildman–Crippen LogP) is 3.41. The number of rotatable bonds is 3. The highest BCUT2D eigenvalue weighted by atomic mass is 19.1. The van der Waals surface area contributed by atoms with Crippen LogP contribution in [0, 0.1) is 11.6 Å². The van der Waals surface area contributed by atoms with Crippen LogP contribution < -0.4 is 5.32 Å². The summed E-state index contributed by atoms with van der Waals surface area (Å²) in [6.07, 6.45) is 5.03. The standard InChI is InChI=1S/C13H15F2NO2/c14-10-6-8(13(17)18)7-11(15)12(10)16-9-4-2-1-3-5-9/h6-7,9,16H,1-5H2,(H,17,18). The predicted molar refractivity (Wildman–Crippen MR) is 63.8 cm³/mol. The van der Waals surface area contributed by atoms with E-state index in [1.165, 1.54) is 0 Å². The molecule has 2 rings (SSSR count). The molecule has 0 bridgehead atoms. The van der Waals surface area contributed by atoms with E-state index < -0.39 is 17.6 Å². The highest BCUT2D eigenvalue weighted by Gasteiger charge is 2.19. The van der Waals surface area contributed by atoms with Crippen molar-refractivity contribution in [3.8, 4) is 0 Å². The van der Waals surface area contributed by atoms with Gasteiger partial charge in [-0.3, -0.25) is 0 Å². The maximum Gasteiger partial charge on any atom is 0.335 e. The Morgan fingerprint density at radius 2 is 1.72 bits per heavy atom. The number of carbonyl (C=O) groups is 1. The van der Waals surface area contributed by atoms with E-state index in [0.717, 1.165) is 44.2 Å². The fraction of sp³-hybridized carbons (Fsp3) is 0.462. The topological polar surface area (TPSA) is 49.3 Å². The van der Waals surface area contributed by atoms with E-state index in [2.05, 4.69) is 5.32 Å². The summed E-state index contributed by atoms with van der Waals surface area (Å²) in [7, 11) is 0. The van der Waals surface area contributed by atoms with E-state index in [1.807, 2.05) is 0 Å². The van der Waals surface area contributed by atoms with Gasteiger partial charge in [0.15, 0.2) is 0 Å². The SMILES string of the molecule is O=C(O)c1cc(F)c(NC2CCCCC2)c(F)c1. The zero-order chi connectivity index (χ0) is 13.1. The molecule has 0 spiro atoms. The van der Waals surface area contributed by atoms with Gasteiger partial charge in [0.1, 0.15) is 17.3 Å². The van der Waals surface area contributed by atoms with Gasteiger partial charge in [-0.2, -0.15) is 0 Å². The number of halogens is 2. The van der Waals surface area contributed by atoms with Crippen LogP contribution >= 0.6 is 0 Å². The smallest absolute Gasteiger partial charge is 0.335 e. The third-order valence-corrected chi connectivity index (χ3v) is 3.24. The third-order valence-electron chi connectivity index (χ3n) is 3.24. The van der Waals surface area contributed by atoms with Gasteiger partial charge >= 0.3 is 5.97 Å². The summed E-state index contributed by atoms with van der Waals surface area (Å²) >= 11 is 0. The molecule has 0 atom stereocenters. The van der Waals surface area contributed by atoms with Crippen molar-refractivity contribution in [2.24, 2.45) is 0 Å². The Bertz CT molecular complexity index is 433. The Hall–Kier alpha value is -1.65. The molecular formula is C13H15F2NO2. The van der Waals surface area contributed by atoms with E-state index in [-0.39, 0.29) is 17.3 Å². The van der Waals surface area contributed by atoms with Crippen LogP contribution in [0.1, 0.15) is 42.5 Å². The molecule has 2 N–H and O–H groups in total. The zero-order valence-corrected chi connectivity index (χ0v) is 9.88. The highest BCUT2D eigenvalue weighted by molar-refractivity contribution is 5.88. The number of hydrogen-bond acceptors (Lipinski definition) is 2. The number of carboxylic acid groups (broad SMARTS) is 1. The minimum Gasteiger partial charge on any atom is -0.478 e. The van der Waals surface area contributed by atoms with E-state index in [4.69, 9.17) is 5.11 Å². The summed E-state index contributed by atoms with van der Waals surface area (Å²) in [6.45, 7) is 0. The molecule has 1 aromatic rings. The monoisotopic (exact) mass is 255 g/mol. The third kappa shape index (κ3) is 2.78. The van der Waals surface area contributed by atoms with Gasteiger partial charge in [0.05, 0.1) is 5.56 Å². The number of anilines is 1. The molecule has 1 aromatic carbocycles. The Balaban J connectivity index is 2.19. The molecule has 0 amide bonds. The molecule has 0 heterocycles. The quantitative estimate of drug-likeness (QED) is 0.870. The van der Waals surface area contributed by atoms with Crippen LogP contribution in [0.2, 0.25) is 0 Å². The largest absolute Gasteiger partial charge is 0.478 e. The summed E-state index contributed by atoms with van der Waals surface area (Å²) in [5.41, 5.74) is -0.592. The molecule has 0 aliphatic heterocycles. The molecule has 0 radical (unpaired) electrons. The second-order valence-corrected chi connectivity index (χ2v) is 4.60.